The number of rotatable bonds is 5. The molecule has 2 aromatic rings. The van der Waals surface area contributed by atoms with Gasteiger partial charge in [0.2, 0.25) is 0 Å². The molecule has 2 heterocycles. The van der Waals surface area contributed by atoms with Crippen LogP contribution in [-0.2, 0) is 14.6 Å². The van der Waals surface area contributed by atoms with Crippen LogP contribution in [0, 0.1) is 0 Å². The van der Waals surface area contributed by atoms with E-state index in [4.69, 9.17) is 0 Å². The predicted molar refractivity (Wildman–Crippen MR) is 99.6 cm³/mol. The van der Waals surface area contributed by atoms with Gasteiger partial charge in [-0.1, -0.05) is 12.1 Å². The molecule has 1 saturated heterocycles. The highest BCUT2D eigenvalue weighted by Crippen LogP contribution is 2.25. The molecule has 0 radical (unpaired) electrons. The molecule has 1 aliphatic rings. The van der Waals surface area contributed by atoms with Crippen LogP contribution in [0.15, 0.2) is 24.3 Å². The number of benzene rings is 1. The number of aromatic nitrogens is 1. The van der Waals surface area contributed by atoms with Gasteiger partial charge in [-0.05, 0) is 32.4 Å². The number of carbonyl (C=O) groups excluding carboxylic acids is 1. The van der Waals surface area contributed by atoms with Crippen molar-refractivity contribution in [2.24, 2.45) is 0 Å². The fourth-order valence-corrected chi connectivity index (χ4v) is 6.39. The van der Waals surface area contributed by atoms with Crippen LogP contribution >= 0.6 is 11.3 Å². The third kappa shape index (κ3) is 4.19. The number of quaternary nitrogens is 1. The summed E-state index contributed by atoms with van der Waals surface area (Å²) < 4.78 is 24.5. The predicted octanol–water partition coefficient (Wildman–Crippen LogP) is 0.565. The summed E-state index contributed by atoms with van der Waals surface area (Å²) in [7, 11) is -1.07. The van der Waals surface area contributed by atoms with Crippen molar-refractivity contribution < 1.29 is 18.1 Å². The molecule has 25 heavy (non-hydrogen) atoms. The summed E-state index contributed by atoms with van der Waals surface area (Å²) in [5.41, 5.74) is 0.338. The van der Waals surface area contributed by atoms with Crippen molar-refractivity contribution in [3.05, 3.63) is 29.3 Å². The van der Waals surface area contributed by atoms with E-state index < -0.39 is 15.4 Å². The van der Waals surface area contributed by atoms with Crippen molar-refractivity contribution in [3.63, 3.8) is 0 Å². The Morgan fingerprint density at radius 2 is 2.16 bits per heavy atom. The number of likely N-dealkylation sites (N-methyl/N-ethyl adjacent to an activating group) is 1. The van der Waals surface area contributed by atoms with E-state index in [0.29, 0.717) is 6.42 Å². The molecule has 0 spiro atoms. The fourth-order valence-electron chi connectivity index (χ4n) is 3.18. The summed E-state index contributed by atoms with van der Waals surface area (Å²) in [5, 5.41) is 3.92. The zero-order chi connectivity index (χ0) is 18.2. The van der Waals surface area contributed by atoms with Gasteiger partial charge in [0.05, 0.1) is 34.3 Å². The van der Waals surface area contributed by atoms with E-state index in [1.54, 1.807) is 11.3 Å². The lowest BCUT2D eigenvalue weighted by Crippen LogP contribution is -3.10. The maximum atomic E-state index is 12.4. The van der Waals surface area contributed by atoms with Gasteiger partial charge >= 0.3 is 0 Å². The fraction of sp³-hybridized carbons (Fsp3) is 0.529. The van der Waals surface area contributed by atoms with E-state index in [9.17, 15) is 13.2 Å². The summed E-state index contributed by atoms with van der Waals surface area (Å²) >= 11 is 1.65. The smallest absolute Gasteiger partial charge is 0.275 e. The summed E-state index contributed by atoms with van der Waals surface area (Å²) in [6, 6.07) is 8.09. The van der Waals surface area contributed by atoms with Gasteiger partial charge < -0.3 is 10.2 Å². The van der Waals surface area contributed by atoms with Gasteiger partial charge in [-0.2, -0.15) is 0 Å². The molecule has 0 aliphatic carbocycles. The molecule has 3 rings (SSSR count). The molecule has 1 unspecified atom stereocenters. The third-order valence-electron chi connectivity index (χ3n) is 4.80. The number of hydrogen-bond donors (Lipinski definition) is 2. The highest BCUT2D eigenvalue weighted by molar-refractivity contribution is 7.91. The Hall–Kier alpha value is -1.51. The summed E-state index contributed by atoms with van der Waals surface area (Å²) in [6.07, 6.45) is 0.480. The van der Waals surface area contributed by atoms with E-state index in [-0.39, 0.29) is 30.0 Å². The molecule has 1 aromatic carbocycles. The van der Waals surface area contributed by atoms with Crippen LogP contribution < -0.4 is 10.2 Å². The summed E-state index contributed by atoms with van der Waals surface area (Å²) in [4.78, 5) is 18.1. The maximum Gasteiger partial charge on any atom is 0.275 e. The molecule has 1 aliphatic heterocycles. The standard InChI is InChI=1S/C17H23N3O3S2/c1-12(16-18-13-6-4-5-7-14(13)24-16)20(3)10-15(21)19-17(2)8-9-25(22,23)11-17/h4-7,12H,8-11H2,1-3H3,(H,19,21)/p+1/t12-,17+/m0/s1. The first-order valence-electron chi connectivity index (χ1n) is 8.37. The lowest BCUT2D eigenvalue weighted by atomic mass is 10.0. The number of amides is 1. The zero-order valence-corrected chi connectivity index (χ0v) is 16.3. The Kier molecular flexibility index (Phi) is 4.87. The Morgan fingerprint density at radius 3 is 2.80 bits per heavy atom. The van der Waals surface area contributed by atoms with Gasteiger partial charge in [0, 0.05) is 0 Å². The second-order valence-corrected chi connectivity index (χ2v) is 10.5. The zero-order valence-electron chi connectivity index (χ0n) is 14.7. The minimum atomic E-state index is -3.03. The number of carbonyl (C=O) groups is 1. The van der Waals surface area contributed by atoms with Crippen LogP contribution in [0.4, 0.5) is 0 Å². The van der Waals surface area contributed by atoms with Crippen LogP contribution in [0.3, 0.4) is 0 Å². The molecule has 0 saturated carbocycles. The second kappa shape index (κ2) is 6.66. The van der Waals surface area contributed by atoms with Gasteiger partial charge in [-0.25, -0.2) is 13.4 Å². The van der Waals surface area contributed by atoms with Crippen molar-refractivity contribution >= 4 is 37.3 Å². The lowest BCUT2D eigenvalue weighted by molar-refractivity contribution is -0.902. The average molecular weight is 383 g/mol. The molecular formula is C17H24N3O3S2+. The molecule has 1 amide bonds. The topological polar surface area (TPSA) is 80.6 Å². The normalized spacial score (nSPS) is 24.9. The molecule has 136 valence electrons. The highest BCUT2D eigenvalue weighted by Gasteiger charge is 2.40. The molecule has 2 N–H and O–H groups in total. The van der Waals surface area contributed by atoms with Crippen LogP contribution in [0.25, 0.3) is 10.2 Å². The lowest BCUT2D eigenvalue weighted by Gasteiger charge is -2.26. The Bertz CT molecular complexity index is 860. The number of sulfone groups is 1. The average Bonchev–Trinajstić information content (AvgIpc) is 3.06. The Balaban J connectivity index is 1.63. The largest absolute Gasteiger partial charge is 0.345 e. The van der Waals surface area contributed by atoms with E-state index >= 15 is 0 Å². The first kappa shape index (κ1) is 18.3. The van der Waals surface area contributed by atoms with Crippen LogP contribution in [0.5, 0.6) is 0 Å². The van der Waals surface area contributed by atoms with Gasteiger partial charge in [0.15, 0.2) is 21.4 Å². The van der Waals surface area contributed by atoms with Crippen LogP contribution in [0.1, 0.15) is 31.3 Å². The van der Waals surface area contributed by atoms with Crippen molar-refractivity contribution in [1.29, 1.82) is 0 Å². The number of hydrogen-bond acceptors (Lipinski definition) is 5. The first-order valence-corrected chi connectivity index (χ1v) is 11.0. The quantitative estimate of drug-likeness (QED) is 0.792. The number of nitrogens with one attached hydrogen (secondary N) is 2. The molecule has 8 heteroatoms. The van der Waals surface area contributed by atoms with Gasteiger partial charge in [0.25, 0.3) is 5.91 Å². The first-order chi connectivity index (χ1) is 11.7. The molecule has 1 fully saturated rings. The maximum absolute atomic E-state index is 12.4. The van der Waals surface area contributed by atoms with E-state index in [1.165, 1.54) is 0 Å². The number of para-hydroxylation sites is 1. The molecule has 6 nitrogen and oxygen atoms in total. The van der Waals surface area contributed by atoms with Gasteiger partial charge in [-0.15, -0.1) is 11.3 Å². The van der Waals surface area contributed by atoms with E-state index in [0.717, 1.165) is 20.1 Å². The van der Waals surface area contributed by atoms with Crippen molar-refractivity contribution in [2.75, 3.05) is 25.1 Å². The minimum absolute atomic E-state index is 0.0260. The summed E-state index contributed by atoms with van der Waals surface area (Å²) in [5.74, 6) is 0.0531. The van der Waals surface area contributed by atoms with Gasteiger partial charge in [-0.3, -0.25) is 4.79 Å². The molecule has 3 atom stereocenters. The highest BCUT2D eigenvalue weighted by atomic mass is 32.2. The molecule has 1 aromatic heterocycles. The number of nitrogens with zero attached hydrogens (tertiary/aromatic N) is 1. The van der Waals surface area contributed by atoms with Gasteiger partial charge in [0.1, 0.15) is 6.04 Å². The third-order valence-corrected chi connectivity index (χ3v) is 7.93. The SMILES string of the molecule is C[C@@H](c1nc2ccccc2s1)[NH+](C)CC(=O)N[C@]1(C)CCS(=O)(=O)C1. The number of thiazole rings is 1. The van der Waals surface area contributed by atoms with Crippen molar-refractivity contribution in [3.8, 4) is 0 Å². The van der Waals surface area contributed by atoms with E-state index in [2.05, 4.69) is 17.2 Å². The molecular weight excluding hydrogens is 358 g/mol. The second-order valence-electron chi connectivity index (χ2n) is 7.22. The van der Waals surface area contributed by atoms with E-state index in [1.807, 2.05) is 38.2 Å². The monoisotopic (exact) mass is 382 g/mol. The Morgan fingerprint density at radius 1 is 1.44 bits per heavy atom. The van der Waals surface area contributed by atoms with Crippen molar-refractivity contribution in [1.82, 2.24) is 10.3 Å². The number of fused-ring (bicyclic) bond motifs is 1. The summed E-state index contributed by atoms with van der Waals surface area (Å²) in [6.45, 7) is 4.15. The van der Waals surface area contributed by atoms with Crippen molar-refractivity contribution in [2.45, 2.75) is 31.8 Å². The van der Waals surface area contributed by atoms with Crippen LogP contribution in [-0.4, -0.2) is 49.9 Å². The Labute approximate surface area is 152 Å². The molecule has 0 bridgehead atoms. The minimum Gasteiger partial charge on any atom is -0.345 e. The van der Waals surface area contributed by atoms with Crippen LogP contribution in [0.2, 0.25) is 0 Å².